The first-order chi connectivity index (χ1) is 13.0. The summed E-state index contributed by atoms with van der Waals surface area (Å²) in [6.07, 6.45) is 3.19. The topological polar surface area (TPSA) is 95.5 Å². The molecule has 1 aliphatic rings. The number of nitrogens with one attached hydrogen (secondary N) is 2. The molecule has 0 unspecified atom stereocenters. The smallest absolute Gasteiger partial charge is 0.305 e. The van der Waals surface area contributed by atoms with Gasteiger partial charge in [0.2, 0.25) is 0 Å². The van der Waals surface area contributed by atoms with Gasteiger partial charge < -0.3 is 15.7 Å². The minimum atomic E-state index is -0.894. The summed E-state index contributed by atoms with van der Waals surface area (Å²) in [5.74, 6) is -1.27. The Kier molecular flexibility index (Phi) is 5.91. The van der Waals surface area contributed by atoms with E-state index >= 15 is 0 Å². The summed E-state index contributed by atoms with van der Waals surface area (Å²) < 4.78 is 0. The van der Waals surface area contributed by atoms with Gasteiger partial charge in [-0.25, -0.2) is 0 Å². The molecule has 1 aromatic carbocycles. The fourth-order valence-corrected chi connectivity index (χ4v) is 4.09. The molecule has 2 amide bonds. The highest BCUT2D eigenvalue weighted by molar-refractivity contribution is 7.12. The van der Waals surface area contributed by atoms with Gasteiger partial charge in [0.05, 0.1) is 16.8 Å². The lowest BCUT2D eigenvalue weighted by molar-refractivity contribution is -0.138. The van der Waals surface area contributed by atoms with E-state index in [-0.39, 0.29) is 18.2 Å². The Balaban J connectivity index is 1.58. The maximum atomic E-state index is 12.5. The summed E-state index contributed by atoms with van der Waals surface area (Å²) in [6.45, 7) is 0.377. The van der Waals surface area contributed by atoms with Crippen LogP contribution in [-0.4, -0.2) is 28.4 Å². The molecule has 142 valence electrons. The van der Waals surface area contributed by atoms with Crippen molar-refractivity contribution >= 4 is 29.1 Å². The Morgan fingerprint density at radius 3 is 2.33 bits per heavy atom. The number of hydrogen-bond acceptors (Lipinski definition) is 4. The Morgan fingerprint density at radius 2 is 1.74 bits per heavy atom. The van der Waals surface area contributed by atoms with Crippen molar-refractivity contribution in [2.75, 3.05) is 0 Å². The van der Waals surface area contributed by atoms with Crippen molar-refractivity contribution in [3.05, 3.63) is 57.8 Å². The third-order valence-corrected chi connectivity index (χ3v) is 5.71. The highest BCUT2D eigenvalue weighted by Gasteiger charge is 2.37. The van der Waals surface area contributed by atoms with E-state index in [1.54, 1.807) is 30.3 Å². The van der Waals surface area contributed by atoms with Gasteiger partial charge in [-0.15, -0.1) is 11.3 Å². The van der Waals surface area contributed by atoms with Crippen molar-refractivity contribution in [3.8, 4) is 0 Å². The molecule has 7 heteroatoms. The average Bonchev–Trinajstić information content (AvgIpc) is 3.32. The maximum absolute atomic E-state index is 12.5. The molecule has 0 spiro atoms. The van der Waals surface area contributed by atoms with E-state index in [1.807, 2.05) is 11.4 Å². The molecule has 0 radical (unpaired) electrons. The monoisotopic (exact) mass is 386 g/mol. The second kappa shape index (κ2) is 8.35. The van der Waals surface area contributed by atoms with Crippen LogP contribution in [0.25, 0.3) is 0 Å². The Hall–Kier alpha value is -2.67. The number of carboxylic acid groups (broad SMARTS) is 1. The zero-order valence-electron chi connectivity index (χ0n) is 14.9. The van der Waals surface area contributed by atoms with Crippen molar-refractivity contribution < 1.29 is 19.5 Å². The summed E-state index contributed by atoms with van der Waals surface area (Å²) in [5.41, 5.74) is 0.730. The first-order valence-corrected chi connectivity index (χ1v) is 9.80. The lowest BCUT2D eigenvalue weighted by Gasteiger charge is -2.28. The van der Waals surface area contributed by atoms with Crippen molar-refractivity contribution in [3.63, 3.8) is 0 Å². The molecule has 1 aromatic heterocycles. The van der Waals surface area contributed by atoms with Crippen LogP contribution in [0, 0.1) is 0 Å². The maximum Gasteiger partial charge on any atom is 0.305 e. The van der Waals surface area contributed by atoms with E-state index < -0.39 is 11.5 Å². The number of aliphatic carboxylic acids is 1. The van der Waals surface area contributed by atoms with Gasteiger partial charge in [-0.2, -0.15) is 0 Å². The lowest BCUT2D eigenvalue weighted by Crippen LogP contribution is -2.47. The van der Waals surface area contributed by atoms with Gasteiger partial charge in [0.15, 0.2) is 0 Å². The molecule has 1 saturated carbocycles. The minimum absolute atomic E-state index is 0.0500. The molecule has 3 rings (SSSR count). The molecule has 0 aliphatic heterocycles. The van der Waals surface area contributed by atoms with Crippen LogP contribution in [-0.2, 0) is 11.3 Å². The molecule has 3 N–H and O–H groups in total. The highest BCUT2D eigenvalue weighted by Crippen LogP contribution is 2.33. The molecule has 1 fully saturated rings. The third-order valence-electron chi connectivity index (χ3n) is 4.84. The molecular formula is C20H22N2O4S. The molecule has 0 bridgehead atoms. The SMILES string of the molecule is O=C(O)CC1(NC(=O)c2ccc(CNC(=O)c3cccs3)cc2)CCCC1. The fraction of sp³-hybridized carbons (Fsp3) is 0.350. The second-order valence-corrected chi connectivity index (χ2v) is 7.82. The first kappa shape index (κ1) is 19.1. The van der Waals surface area contributed by atoms with Crippen molar-refractivity contribution in [1.29, 1.82) is 0 Å². The van der Waals surface area contributed by atoms with Gasteiger partial charge in [0, 0.05) is 12.1 Å². The van der Waals surface area contributed by atoms with Crippen molar-refractivity contribution in [1.82, 2.24) is 10.6 Å². The van der Waals surface area contributed by atoms with E-state index in [1.165, 1.54) is 11.3 Å². The molecular weight excluding hydrogens is 364 g/mol. The predicted molar refractivity (Wildman–Crippen MR) is 103 cm³/mol. The van der Waals surface area contributed by atoms with Crippen LogP contribution in [0.4, 0.5) is 0 Å². The van der Waals surface area contributed by atoms with Crippen LogP contribution in [0.2, 0.25) is 0 Å². The Bertz CT molecular complexity index is 809. The van der Waals surface area contributed by atoms with Gasteiger partial charge in [-0.05, 0) is 42.0 Å². The molecule has 0 saturated heterocycles. The van der Waals surface area contributed by atoms with Crippen LogP contribution in [0.3, 0.4) is 0 Å². The normalized spacial score (nSPS) is 15.3. The Morgan fingerprint density at radius 1 is 1.04 bits per heavy atom. The summed E-state index contributed by atoms with van der Waals surface area (Å²) in [5, 5.41) is 16.8. The number of amides is 2. The molecule has 2 aromatic rings. The number of carbonyl (C=O) groups excluding carboxylic acids is 2. The largest absolute Gasteiger partial charge is 0.481 e. The lowest BCUT2D eigenvalue weighted by atomic mass is 9.92. The van der Waals surface area contributed by atoms with Crippen molar-refractivity contribution in [2.45, 2.75) is 44.2 Å². The number of rotatable bonds is 7. The summed E-state index contributed by atoms with van der Waals surface area (Å²) in [4.78, 5) is 36.3. The zero-order valence-corrected chi connectivity index (χ0v) is 15.7. The van der Waals surface area contributed by atoms with Gasteiger partial charge in [-0.3, -0.25) is 14.4 Å². The van der Waals surface area contributed by atoms with E-state index in [2.05, 4.69) is 10.6 Å². The average molecular weight is 386 g/mol. The van der Waals surface area contributed by atoms with Crippen LogP contribution in [0.1, 0.15) is 57.7 Å². The van der Waals surface area contributed by atoms with Gasteiger partial charge in [0.1, 0.15) is 0 Å². The number of hydrogen-bond donors (Lipinski definition) is 3. The van der Waals surface area contributed by atoms with E-state index in [0.717, 1.165) is 18.4 Å². The van der Waals surface area contributed by atoms with E-state index in [0.29, 0.717) is 29.8 Å². The number of benzene rings is 1. The molecule has 27 heavy (non-hydrogen) atoms. The summed E-state index contributed by atoms with van der Waals surface area (Å²) in [7, 11) is 0. The molecule has 6 nitrogen and oxygen atoms in total. The number of carbonyl (C=O) groups is 3. The molecule has 0 atom stereocenters. The minimum Gasteiger partial charge on any atom is -0.481 e. The summed E-state index contributed by atoms with van der Waals surface area (Å²) in [6, 6.07) is 10.6. The van der Waals surface area contributed by atoms with Gasteiger partial charge >= 0.3 is 5.97 Å². The third kappa shape index (κ3) is 4.95. The number of thiophene rings is 1. The first-order valence-electron chi connectivity index (χ1n) is 8.92. The molecule has 1 heterocycles. The van der Waals surface area contributed by atoms with Gasteiger partial charge in [-0.1, -0.05) is 31.0 Å². The number of carboxylic acids is 1. The van der Waals surface area contributed by atoms with Crippen LogP contribution >= 0.6 is 11.3 Å². The van der Waals surface area contributed by atoms with Crippen LogP contribution in [0.5, 0.6) is 0 Å². The standard InChI is InChI=1S/C20H22N2O4S/c23-17(24)12-20(9-1-2-10-20)22-18(25)15-7-5-14(6-8-15)13-21-19(26)16-4-3-11-27-16/h3-8,11H,1-2,9-10,12-13H2,(H,21,26)(H,22,25)(H,23,24). The Labute approximate surface area is 161 Å². The summed E-state index contributed by atoms with van der Waals surface area (Å²) >= 11 is 1.38. The second-order valence-electron chi connectivity index (χ2n) is 6.87. The van der Waals surface area contributed by atoms with E-state index in [4.69, 9.17) is 5.11 Å². The quantitative estimate of drug-likeness (QED) is 0.681. The fourth-order valence-electron chi connectivity index (χ4n) is 3.45. The highest BCUT2D eigenvalue weighted by atomic mass is 32.1. The predicted octanol–water partition coefficient (Wildman–Crippen LogP) is 3.20. The zero-order chi connectivity index (χ0) is 19.3. The molecule has 1 aliphatic carbocycles. The van der Waals surface area contributed by atoms with Gasteiger partial charge in [0.25, 0.3) is 11.8 Å². The van der Waals surface area contributed by atoms with Crippen LogP contribution < -0.4 is 10.6 Å². The van der Waals surface area contributed by atoms with Crippen LogP contribution in [0.15, 0.2) is 41.8 Å². The van der Waals surface area contributed by atoms with E-state index in [9.17, 15) is 14.4 Å². The van der Waals surface area contributed by atoms with Crippen molar-refractivity contribution in [2.24, 2.45) is 0 Å².